The van der Waals surface area contributed by atoms with Crippen molar-refractivity contribution in [2.24, 2.45) is 0 Å². The molecular formula is C19H18O8. The Bertz CT molecular complexity index is 1140. The van der Waals surface area contributed by atoms with Crippen molar-refractivity contribution in [1.29, 1.82) is 0 Å². The first-order valence-corrected chi connectivity index (χ1v) is 8.24. The van der Waals surface area contributed by atoms with Gasteiger partial charge >= 0.3 is 0 Å². The average Bonchev–Trinajstić information content (AvgIpc) is 2.93. The van der Waals surface area contributed by atoms with E-state index in [1.165, 1.54) is 39.2 Å². The van der Waals surface area contributed by atoms with Crippen LogP contribution in [0.1, 0.15) is 25.5 Å². The fraction of sp³-hybridized carbons (Fsp3) is 0.316. The summed E-state index contributed by atoms with van der Waals surface area (Å²) in [7, 11) is 1.34. The topological polar surface area (TPSA) is 130 Å². The number of benzene rings is 2. The van der Waals surface area contributed by atoms with E-state index < -0.39 is 23.2 Å². The molecular weight excluding hydrogens is 356 g/mol. The summed E-state index contributed by atoms with van der Waals surface area (Å²) in [4.78, 5) is 13.0. The van der Waals surface area contributed by atoms with Crippen molar-refractivity contribution in [2.45, 2.75) is 31.7 Å². The zero-order chi connectivity index (χ0) is 19.7. The lowest BCUT2D eigenvalue weighted by Crippen LogP contribution is -2.41. The highest BCUT2D eigenvalue weighted by atomic mass is 16.5. The predicted octanol–water partition coefficient (Wildman–Crippen LogP) is 1.93. The lowest BCUT2D eigenvalue weighted by atomic mass is 9.94. The van der Waals surface area contributed by atoms with Gasteiger partial charge in [-0.15, -0.1) is 0 Å². The van der Waals surface area contributed by atoms with Gasteiger partial charge in [-0.05, 0) is 32.0 Å². The number of ether oxygens (including phenoxy) is 2. The summed E-state index contributed by atoms with van der Waals surface area (Å²) in [6.07, 6.45) is -2.18. The summed E-state index contributed by atoms with van der Waals surface area (Å²) in [6.45, 7) is 2.99. The van der Waals surface area contributed by atoms with Crippen LogP contribution in [0.25, 0.3) is 21.9 Å². The molecule has 2 heterocycles. The minimum atomic E-state index is -1.37. The molecule has 3 aromatic rings. The van der Waals surface area contributed by atoms with Crippen LogP contribution in [0.2, 0.25) is 0 Å². The van der Waals surface area contributed by atoms with Gasteiger partial charge in [0.15, 0.2) is 28.8 Å². The van der Waals surface area contributed by atoms with Crippen LogP contribution >= 0.6 is 0 Å². The van der Waals surface area contributed by atoms with Crippen LogP contribution in [0, 0.1) is 0 Å². The maximum Gasteiger partial charge on any atom is 0.205 e. The van der Waals surface area contributed by atoms with Crippen LogP contribution in [0.5, 0.6) is 23.0 Å². The minimum Gasteiger partial charge on any atom is -0.507 e. The summed E-state index contributed by atoms with van der Waals surface area (Å²) in [5, 5.41) is 40.8. The van der Waals surface area contributed by atoms with E-state index in [4.69, 9.17) is 13.9 Å². The second-order valence-electron chi connectivity index (χ2n) is 7.08. The largest absolute Gasteiger partial charge is 0.507 e. The van der Waals surface area contributed by atoms with Crippen LogP contribution in [0.15, 0.2) is 27.4 Å². The SMILES string of the molecule is COc1c2c(cc3c(=O)c4c(O)ccc(O)c4oc13)[C@H](O)[C@@H](C(C)(C)O)O2. The van der Waals surface area contributed by atoms with Crippen LogP contribution in [0.4, 0.5) is 0 Å². The standard InChI is InChI=1S/C19H18O8/c1-19(2,24)18-13(23)8-6-7-12(22)11-9(20)4-5-10(21)16(11)26-14(7)17(25-3)15(8)27-18/h4-6,13,18,20-21,23-24H,1-3H3/t13-,18-/m0/s1. The molecule has 4 N–H and O–H groups in total. The second-order valence-corrected chi connectivity index (χ2v) is 7.08. The molecule has 4 rings (SSSR count). The first-order chi connectivity index (χ1) is 12.6. The van der Waals surface area contributed by atoms with Crippen LogP contribution in [0.3, 0.4) is 0 Å². The lowest BCUT2D eigenvalue weighted by Gasteiger charge is -2.27. The van der Waals surface area contributed by atoms with Gasteiger partial charge in [0, 0.05) is 5.56 Å². The molecule has 0 unspecified atom stereocenters. The normalized spacial score (nSPS) is 19.3. The highest BCUT2D eigenvalue weighted by molar-refractivity contribution is 5.98. The molecule has 27 heavy (non-hydrogen) atoms. The molecule has 8 heteroatoms. The number of rotatable bonds is 2. The van der Waals surface area contributed by atoms with Crippen LogP contribution in [-0.4, -0.2) is 39.2 Å². The van der Waals surface area contributed by atoms with Gasteiger partial charge in [0.25, 0.3) is 0 Å². The van der Waals surface area contributed by atoms with Crippen LogP contribution in [-0.2, 0) is 0 Å². The second kappa shape index (κ2) is 5.51. The molecule has 0 spiro atoms. The van der Waals surface area contributed by atoms with Gasteiger partial charge in [-0.2, -0.15) is 0 Å². The van der Waals surface area contributed by atoms with Crippen molar-refractivity contribution in [3.05, 3.63) is 34.0 Å². The molecule has 0 bridgehead atoms. The minimum absolute atomic E-state index is 0.00162. The fourth-order valence-corrected chi connectivity index (χ4v) is 3.45. The van der Waals surface area contributed by atoms with Gasteiger partial charge in [-0.3, -0.25) is 4.79 Å². The summed E-state index contributed by atoms with van der Waals surface area (Å²) in [5.41, 5.74) is -1.90. The van der Waals surface area contributed by atoms with E-state index in [0.717, 1.165) is 0 Å². The first kappa shape index (κ1) is 17.4. The Balaban J connectivity index is 2.13. The Morgan fingerprint density at radius 1 is 1.15 bits per heavy atom. The average molecular weight is 374 g/mol. The third-order valence-corrected chi connectivity index (χ3v) is 4.76. The maximum absolute atomic E-state index is 13.0. The van der Waals surface area contributed by atoms with Gasteiger partial charge in [0.1, 0.15) is 17.2 Å². The zero-order valence-corrected chi connectivity index (χ0v) is 14.8. The summed E-state index contributed by atoms with van der Waals surface area (Å²) >= 11 is 0. The third kappa shape index (κ3) is 2.34. The smallest absolute Gasteiger partial charge is 0.205 e. The van der Waals surface area contributed by atoms with E-state index in [-0.39, 0.29) is 50.5 Å². The molecule has 1 aliphatic rings. The molecule has 2 atom stereocenters. The predicted molar refractivity (Wildman–Crippen MR) is 95.5 cm³/mol. The molecule has 0 amide bonds. The Morgan fingerprint density at radius 3 is 2.44 bits per heavy atom. The van der Waals surface area contributed by atoms with Gasteiger partial charge in [0.05, 0.1) is 18.1 Å². The monoisotopic (exact) mass is 374 g/mol. The molecule has 0 radical (unpaired) electrons. The number of phenolic OH excluding ortho intramolecular Hbond substituents is 2. The van der Waals surface area contributed by atoms with Crippen molar-refractivity contribution in [3.63, 3.8) is 0 Å². The van der Waals surface area contributed by atoms with E-state index in [1.54, 1.807) is 0 Å². The molecule has 0 saturated heterocycles. The van der Waals surface area contributed by atoms with Crippen molar-refractivity contribution in [3.8, 4) is 23.0 Å². The Labute approximate surface area is 152 Å². The van der Waals surface area contributed by atoms with E-state index in [2.05, 4.69) is 0 Å². The van der Waals surface area contributed by atoms with Gasteiger partial charge in [-0.25, -0.2) is 0 Å². The number of aliphatic hydroxyl groups is 2. The number of hydrogen-bond acceptors (Lipinski definition) is 8. The summed E-state index contributed by atoms with van der Waals surface area (Å²) < 4.78 is 16.8. The first-order valence-electron chi connectivity index (χ1n) is 8.24. The Hall–Kier alpha value is -2.97. The van der Waals surface area contributed by atoms with Gasteiger partial charge in [0.2, 0.25) is 11.2 Å². The Morgan fingerprint density at radius 2 is 1.81 bits per heavy atom. The highest BCUT2D eigenvalue weighted by Gasteiger charge is 2.45. The van der Waals surface area contributed by atoms with Crippen molar-refractivity contribution < 1.29 is 34.3 Å². The van der Waals surface area contributed by atoms with Crippen molar-refractivity contribution >= 4 is 21.9 Å². The van der Waals surface area contributed by atoms with Crippen LogP contribution < -0.4 is 14.9 Å². The maximum atomic E-state index is 13.0. The summed E-state index contributed by atoms with van der Waals surface area (Å²) in [6, 6.07) is 3.78. The molecule has 2 aromatic carbocycles. The van der Waals surface area contributed by atoms with E-state index >= 15 is 0 Å². The number of aliphatic hydroxyl groups excluding tert-OH is 1. The van der Waals surface area contributed by atoms with Gasteiger partial charge < -0.3 is 34.3 Å². The third-order valence-electron chi connectivity index (χ3n) is 4.76. The Kier molecular flexibility index (Phi) is 3.56. The molecule has 1 aromatic heterocycles. The molecule has 0 aliphatic carbocycles. The lowest BCUT2D eigenvalue weighted by molar-refractivity contribution is -0.0766. The molecule has 1 aliphatic heterocycles. The quantitative estimate of drug-likeness (QED) is 0.395. The summed E-state index contributed by atoms with van der Waals surface area (Å²) in [5.74, 6) is -0.467. The van der Waals surface area contributed by atoms with Crippen molar-refractivity contribution in [2.75, 3.05) is 7.11 Å². The number of phenols is 2. The van der Waals surface area contributed by atoms with Crippen molar-refractivity contribution in [1.82, 2.24) is 0 Å². The number of aromatic hydroxyl groups is 2. The molecule has 8 nitrogen and oxygen atoms in total. The van der Waals surface area contributed by atoms with E-state index in [9.17, 15) is 25.2 Å². The highest BCUT2D eigenvalue weighted by Crippen LogP contribution is 2.49. The number of hydrogen-bond donors (Lipinski definition) is 4. The zero-order valence-electron chi connectivity index (χ0n) is 14.8. The molecule has 0 fully saturated rings. The number of fused-ring (bicyclic) bond motifs is 3. The molecule has 142 valence electrons. The van der Waals surface area contributed by atoms with E-state index in [1.807, 2.05) is 0 Å². The fourth-order valence-electron chi connectivity index (χ4n) is 3.45. The van der Waals surface area contributed by atoms with Gasteiger partial charge in [-0.1, -0.05) is 0 Å². The molecule has 0 saturated carbocycles. The number of methoxy groups -OCH3 is 1. The van der Waals surface area contributed by atoms with E-state index in [0.29, 0.717) is 0 Å².